The van der Waals surface area contributed by atoms with Crippen LogP contribution in [0.4, 0.5) is 0 Å². The molecule has 0 aliphatic rings. The van der Waals surface area contributed by atoms with Crippen molar-refractivity contribution in [3.8, 4) is 0 Å². The van der Waals surface area contributed by atoms with Crippen LogP contribution in [0.2, 0.25) is 0 Å². The second kappa shape index (κ2) is 78.3. The van der Waals surface area contributed by atoms with Crippen molar-refractivity contribution in [3.05, 3.63) is 134 Å². The number of carbonyl (C=O) groups is 4. The van der Waals surface area contributed by atoms with Crippen molar-refractivity contribution in [1.29, 1.82) is 0 Å². The Morgan fingerprint density at radius 1 is 0.274 bits per heavy atom. The average molecular weight is 1530 g/mol. The van der Waals surface area contributed by atoms with Gasteiger partial charge in [0.05, 0.1) is 26.4 Å². The van der Waals surface area contributed by atoms with Crippen LogP contribution in [0.1, 0.15) is 336 Å². The first-order valence-corrected chi connectivity index (χ1v) is 44.4. The van der Waals surface area contributed by atoms with Crippen LogP contribution in [0.25, 0.3) is 0 Å². The topological polar surface area (TPSA) is 237 Å². The van der Waals surface area contributed by atoms with E-state index in [4.69, 9.17) is 37.0 Å². The van der Waals surface area contributed by atoms with Crippen molar-refractivity contribution in [2.45, 2.75) is 354 Å². The number of unbranched alkanes of at least 4 members (excludes halogenated alkanes) is 29. The molecule has 0 saturated carbocycles. The molecule has 0 aliphatic heterocycles. The van der Waals surface area contributed by atoms with E-state index in [9.17, 15) is 43.2 Å². The summed E-state index contributed by atoms with van der Waals surface area (Å²) in [6.45, 7) is 4.57. The molecule has 17 nitrogen and oxygen atoms in total. The van der Waals surface area contributed by atoms with Crippen LogP contribution in [0.15, 0.2) is 134 Å². The molecule has 0 bridgehead atoms. The van der Waals surface area contributed by atoms with Gasteiger partial charge >= 0.3 is 39.5 Å². The largest absolute Gasteiger partial charge is 0.472 e. The zero-order valence-corrected chi connectivity index (χ0v) is 68.4. The van der Waals surface area contributed by atoms with Gasteiger partial charge in [-0.1, -0.05) is 315 Å². The second-order valence-electron chi connectivity index (χ2n) is 27.3. The normalized spacial score (nSPS) is 14.5. The number of aliphatic hydroxyl groups is 1. The van der Waals surface area contributed by atoms with Crippen LogP contribution in [0.3, 0.4) is 0 Å². The van der Waals surface area contributed by atoms with Crippen molar-refractivity contribution in [3.63, 3.8) is 0 Å². The number of allylic oxidation sites excluding steroid dienone is 22. The number of esters is 4. The third-order valence-corrected chi connectivity index (χ3v) is 19.0. The smallest absolute Gasteiger partial charge is 0.462 e. The first-order chi connectivity index (χ1) is 51.7. The maximum atomic E-state index is 13.1. The monoisotopic (exact) mass is 1530 g/mol. The summed E-state index contributed by atoms with van der Waals surface area (Å²) in [7, 11) is -9.99. The highest BCUT2D eigenvalue weighted by atomic mass is 31.2. The Balaban J connectivity index is 5.42. The van der Waals surface area contributed by atoms with Gasteiger partial charge in [0.15, 0.2) is 12.2 Å². The number of carbonyl (C=O) groups excluding carboxylic acids is 4. The highest BCUT2D eigenvalue weighted by Gasteiger charge is 2.30. The number of phosphoric ester groups is 2. The molecule has 0 radical (unpaired) electrons. The molecule has 0 amide bonds. The molecule has 5 atom stereocenters. The lowest BCUT2D eigenvalue weighted by Gasteiger charge is -2.21. The van der Waals surface area contributed by atoms with Crippen LogP contribution >= 0.6 is 15.6 Å². The zero-order valence-electron chi connectivity index (χ0n) is 66.6. The maximum Gasteiger partial charge on any atom is 0.472 e. The number of hydrogen-bond acceptors (Lipinski definition) is 15. The number of ether oxygens (including phenoxy) is 4. The van der Waals surface area contributed by atoms with Crippen LogP contribution in [-0.2, 0) is 65.4 Å². The summed E-state index contributed by atoms with van der Waals surface area (Å²) in [5.41, 5.74) is 0. The van der Waals surface area contributed by atoms with E-state index in [1.807, 2.05) is 18.2 Å². The molecule has 0 aromatic carbocycles. The van der Waals surface area contributed by atoms with Crippen molar-refractivity contribution in [2.24, 2.45) is 0 Å². The second-order valence-corrected chi connectivity index (χ2v) is 30.2. The Morgan fingerprint density at radius 2 is 0.509 bits per heavy atom. The molecule has 0 fully saturated rings. The molecule has 3 N–H and O–H groups in total. The summed E-state index contributed by atoms with van der Waals surface area (Å²) in [6, 6.07) is 0. The van der Waals surface area contributed by atoms with E-state index in [0.717, 1.165) is 161 Å². The van der Waals surface area contributed by atoms with Gasteiger partial charge in [-0.2, -0.15) is 0 Å². The highest BCUT2D eigenvalue weighted by Crippen LogP contribution is 2.45. The van der Waals surface area contributed by atoms with Gasteiger partial charge in [-0.3, -0.25) is 37.3 Å². The molecule has 0 rings (SSSR count). The molecule has 5 unspecified atom stereocenters. The van der Waals surface area contributed by atoms with Crippen molar-refractivity contribution in [1.82, 2.24) is 0 Å². The summed E-state index contributed by atoms with van der Waals surface area (Å²) in [4.78, 5) is 73.1. The summed E-state index contributed by atoms with van der Waals surface area (Å²) < 4.78 is 68.6. The molecule has 0 aromatic heterocycles. The van der Waals surface area contributed by atoms with E-state index in [1.54, 1.807) is 0 Å². The van der Waals surface area contributed by atoms with Crippen LogP contribution < -0.4 is 0 Å². The Labute approximate surface area is 644 Å². The lowest BCUT2D eigenvalue weighted by Crippen LogP contribution is -2.30. The molecule has 0 aliphatic carbocycles. The van der Waals surface area contributed by atoms with Crippen LogP contribution in [-0.4, -0.2) is 96.7 Å². The predicted octanol–water partition coefficient (Wildman–Crippen LogP) is 24.4. The lowest BCUT2D eigenvalue weighted by atomic mass is 10.0. The SMILES string of the molecule is CC/C=C\C/C=C\C/C=C\C/C=C\C/C=C\C/C=C\CCC(=O)OCC(COP(=O)(O)OCC(O)COP(=O)(O)OCC(COC(=O)CCCCCCCC/C=C\C/C=C\C/C=C\C/C=C\CC)OC(=O)CCCCCCCCCCCCCCC)OC(=O)CCCCCCC/C=C\CCCCCCCC. The van der Waals surface area contributed by atoms with Gasteiger partial charge in [-0.25, -0.2) is 9.13 Å². The van der Waals surface area contributed by atoms with E-state index in [-0.39, 0.29) is 25.7 Å². The minimum Gasteiger partial charge on any atom is -0.462 e. The predicted molar refractivity (Wildman–Crippen MR) is 436 cm³/mol. The van der Waals surface area contributed by atoms with Gasteiger partial charge in [0, 0.05) is 25.7 Å². The fourth-order valence-corrected chi connectivity index (χ4v) is 12.5. The lowest BCUT2D eigenvalue weighted by molar-refractivity contribution is -0.161. The van der Waals surface area contributed by atoms with Gasteiger partial charge < -0.3 is 33.8 Å². The summed E-state index contributed by atoms with van der Waals surface area (Å²) in [5.74, 6) is -2.29. The van der Waals surface area contributed by atoms with Crippen LogP contribution in [0, 0.1) is 0 Å². The maximum absolute atomic E-state index is 13.1. The molecule has 0 aromatic rings. The van der Waals surface area contributed by atoms with Crippen molar-refractivity contribution >= 4 is 39.5 Å². The minimum absolute atomic E-state index is 0.0328. The Morgan fingerprint density at radius 3 is 0.821 bits per heavy atom. The Bertz CT molecular complexity index is 2530. The standard InChI is InChI=1S/C87H148O17P2/c1-5-9-13-17-21-25-29-33-36-38-40-42-45-48-51-55-59-63-67-71-84(89)97-77-82(103-86(91)73-69-65-61-57-53-47-32-28-24-20-16-12-8-4)79-101-105(93,94)99-75-81(88)76-100-106(95,96)102-80-83(104-87(92)74-70-66-62-58-54-50-44-35-31-27-23-19-15-11-7-3)78-98-85(90)72-68-64-60-56-52-49-46-43-41-39-37-34-30-26-22-18-14-10-6-2/h9-10,13-14,21-22,25-26,33-37,40-44,49,52,60,64,81-83,88H,5-8,11-12,15-20,23-24,27-32,38-39,45-48,50-51,53-59,61-63,65-80H2,1-4H3,(H,93,94)(H,95,96)/b13-9-,14-10-,25-21-,26-22-,36-33-,37-34-,42-40-,43-41-,44-35-,52-49-,64-60-. The molecule has 0 saturated heterocycles. The summed E-state index contributed by atoms with van der Waals surface area (Å²) in [5, 5.41) is 10.7. The van der Waals surface area contributed by atoms with Gasteiger partial charge in [-0.05, 0) is 128 Å². The first kappa shape index (κ1) is 101. The minimum atomic E-state index is -5.00. The summed E-state index contributed by atoms with van der Waals surface area (Å²) >= 11 is 0. The van der Waals surface area contributed by atoms with Gasteiger partial charge in [0.2, 0.25) is 0 Å². The molecular weight excluding hydrogens is 1380 g/mol. The quantitative estimate of drug-likeness (QED) is 0.0169. The summed E-state index contributed by atoms with van der Waals surface area (Å²) in [6.07, 6.45) is 88.6. The molecule has 608 valence electrons. The average Bonchev–Trinajstić information content (AvgIpc) is 0.933. The van der Waals surface area contributed by atoms with E-state index in [1.165, 1.54) is 89.9 Å². The number of rotatable bonds is 77. The molecule has 19 heteroatoms. The van der Waals surface area contributed by atoms with Gasteiger partial charge in [0.25, 0.3) is 0 Å². The van der Waals surface area contributed by atoms with Crippen molar-refractivity contribution < 1.29 is 80.2 Å². The third-order valence-electron chi connectivity index (χ3n) is 17.1. The molecule has 0 spiro atoms. The zero-order chi connectivity index (χ0) is 77.4. The van der Waals surface area contributed by atoms with E-state index in [2.05, 4.69) is 143 Å². The van der Waals surface area contributed by atoms with Crippen LogP contribution in [0.5, 0.6) is 0 Å². The van der Waals surface area contributed by atoms with Gasteiger partial charge in [0.1, 0.15) is 19.3 Å². The molecule has 0 heterocycles. The third kappa shape index (κ3) is 77.4. The van der Waals surface area contributed by atoms with Crippen molar-refractivity contribution in [2.75, 3.05) is 39.6 Å². The van der Waals surface area contributed by atoms with E-state index in [0.29, 0.717) is 32.1 Å². The van der Waals surface area contributed by atoms with E-state index < -0.39 is 97.5 Å². The number of phosphoric acid groups is 2. The first-order valence-electron chi connectivity index (χ1n) is 41.4. The van der Waals surface area contributed by atoms with Gasteiger partial charge in [-0.15, -0.1) is 0 Å². The number of aliphatic hydroxyl groups excluding tert-OH is 1. The fourth-order valence-electron chi connectivity index (χ4n) is 10.9. The number of hydrogen-bond donors (Lipinski definition) is 3. The van der Waals surface area contributed by atoms with E-state index >= 15 is 0 Å². The molecular formula is C87H148O17P2. The fraction of sp³-hybridized carbons (Fsp3) is 0.701. The Kier molecular flexibility index (Phi) is 74.8. The Hall–Kier alpha value is -4.80. The molecule has 106 heavy (non-hydrogen) atoms. The highest BCUT2D eigenvalue weighted by molar-refractivity contribution is 7.47.